The Morgan fingerprint density at radius 1 is 0.667 bits per heavy atom. The Labute approximate surface area is 214 Å². The van der Waals surface area contributed by atoms with Gasteiger partial charge in [-0.2, -0.15) is 0 Å². The number of unbranched alkanes of at least 4 members (excludes halogenated alkanes) is 3. The van der Waals surface area contributed by atoms with Gasteiger partial charge in [0.2, 0.25) is 0 Å². The van der Waals surface area contributed by atoms with Crippen molar-refractivity contribution in [2.24, 2.45) is 0 Å². The third kappa shape index (κ3) is 6.34. The summed E-state index contributed by atoms with van der Waals surface area (Å²) in [6.45, 7) is 0.514. The van der Waals surface area contributed by atoms with Crippen LogP contribution >= 0.6 is 11.8 Å². The van der Waals surface area contributed by atoms with Gasteiger partial charge in [0, 0.05) is 6.54 Å². The molecule has 36 heavy (non-hydrogen) atoms. The predicted molar refractivity (Wildman–Crippen MR) is 136 cm³/mol. The molecular formula is C26H24BF4NO2S2. The highest BCUT2D eigenvalue weighted by Gasteiger charge is 2.36. The van der Waals surface area contributed by atoms with Gasteiger partial charge >= 0.3 is 7.25 Å². The second-order valence-electron chi connectivity index (χ2n) is 8.31. The lowest BCUT2D eigenvalue weighted by Gasteiger charge is -2.19. The van der Waals surface area contributed by atoms with Crippen LogP contribution in [0.2, 0.25) is 0 Å². The van der Waals surface area contributed by atoms with E-state index in [0.29, 0.717) is 17.7 Å². The normalized spacial score (nSPS) is 14.6. The Bertz CT molecular complexity index is 1170. The van der Waals surface area contributed by atoms with Crippen LogP contribution in [0.4, 0.5) is 17.3 Å². The van der Waals surface area contributed by atoms with Crippen LogP contribution in [-0.2, 0) is 10.9 Å². The number of benzene rings is 3. The maximum Gasteiger partial charge on any atom is 0.673 e. The minimum atomic E-state index is -6.00. The molecule has 0 N–H and O–H groups in total. The summed E-state index contributed by atoms with van der Waals surface area (Å²) in [7, 11) is -5.88. The van der Waals surface area contributed by atoms with Crippen molar-refractivity contribution in [1.29, 1.82) is 0 Å². The van der Waals surface area contributed by atoms with Crippen LogP contribution in [-0.4, -0.2) is 36.3 Å². The molecule has 3 nitrogen and oxygen atoms in total. The number of nitrogens with zero attached hydrogens (tertiary/aromatic N) is 1. The third-order valence-corrected chi connectivity index (χ3v) is 9.69. The Balaban J connectivity index is 0.000000556. The van der Waals surface area contributed by atoms with E-state index in [9.17, 15) is 26.9 Å². The molecule has 5 rings (SSSR count). The fraction of sp³-hybridized carbons (Fsp3) is 0.231. The van der Waals surface area contributed by atoms with Crippen LogP contribution in [0.1, 0.15) is 46.4 Å². The van der Waals surface area contributed by atoms with Crippen LogP contribution in [0.15, 0.2) is 92.4 Å². The number of imide groups is 1. The van der Waals surface area contributed by atoms with Crippen molar-refractivity contribution in [2.75, 3.05) is 12.3 Å². The number of carbonyl (C=O) groups is 2. The zero-order valence-corrected chi connectivity index (χ0v) is 21.0. The highest BCUT2D eigenvalue weighted by atomic mass is 32.2. The lowest BCUT2D eigenvalue weighted by molar-refractivity contribution is 0.0651. The number of hydrogen-bond donors (Lipinski definition) is 0. The summed E-state index contributed by atoms with van der Waals surface area (Å²) < 4.78 is 39.0. The lowest BCUT2D eigenvalue weighted by atomic mass is 10.1. The molecule has 0 saturated heterocycles. The Morgan fingerprint density at radius 2 is 1.11 bits per heavy atom. The minimum Gasteiger partial charge on any atom is -0.418 e. The molecular weight excluding hydrogens is 509 g/mol. The number of fused-ring (bicyclic) bond motifs is 3. The molecule has 0 atom stereocenters. The zero-order chi connectivity index (χ0) is 25.7. The highest BCUT2D eigenvalue weighted by molar-refractivity contribution is 8.04. The van der Waals surface area contributed by atoms with Crippen LogP contribution in [0.3, 0.4) is 0 Å². The Morgan fingerprint density at radius 3 is 1.64 bits per heavy atom. The molecule has 10 heteroatoms. The summed E-state index contributed by atoms with van der Waals surface area (Å²) in [4.78, 5) is 32.1. The van der Waals surface area contributed by atoms with E-state index in [1.54, 1.807) is 12.1 Å². The summed E-state index contributed by atoms with van der Waals surface area (Å²) >= 11 is 1.88. The fourth-order valence-electron chi connectivity index (χ4n) is 4.25. The minimum absolute atomic E-state index is 0.120. The Hall–Kier alpha value is -2.72. The molecule has 2 amide bonds. The second-order valence-corrected chi connectivity index (χ2v) is 11.5. The lowest BCUT2D eigenvalue weighted by Crippen LogP contribution is -2.30. The molecule has 3 aromatic rings. The third-order valence-electron chi connectivity index (χ3n) is 5.81. The molecule has 3 aromatic carbocycles. The van der Waals surface area contributed by atoms with Gasteiger partial charge in [0.05, 0.1) is 31.8 Å². The van der Waals surface area contributed by atoms with Crippen molar-refractivity contribution >= 4 is 41.7 Å². The number of amides is 2. The molecule has 0 aromatic heterocycles. The number of rotatable bonds is 7. The van der Waals surface area contributed by atoms with E-state index in [4.69, 9.17) is 0 Å². The van der Waals surface area contributed by atoms with Gasteiger partial charge in [-0.3, -0.25) is 14.5 Å². The van der Waals surface area contributed by atoms with Gasteiger partial charge in [0.25, 0.3) is 11.8 Å². The first kappa shape index (κ1) is 26.4. The number of carbonyl (C=O) groups excluding carboxylic acids is 2. The van der Waals surface area contributed by atoms with Crippen molar-refractivity contribution in [3.8, 4) is 0 Å². The average molecular weight is 533 g/mol. The summed E-state index contributed by atoms with van der Waals surface area (Å²) in [6, 6.07) is 24.7. The van der Waals surface area contributed by atoms with E-state index in [-0.39, 0.29) is 22.7 Å². The van der Waals surface area contributed by atoms with Crippen molar-refractivity contribution in [1.82, 2.24) is 4.90 Å². The summed E-state index contributed by atoms with van der Waals surface area (Å²) in [5, 5.41) is 0. The first-order chi connectivity index (χ1) is 17.2. The van der Waals surface area contributed by atoms with Crippen molar-refractivity contribution < 1.29 is 26.9 Å². The van der Waals surface area contributed by atoms with Gasteiger partial charge in [0.1, 0.15) is 5.75 Å². The number of halogens is 4. The second kappa shape index (κ2) is 11.6. The van der Waals surface area contributed by atoms with Gasteiger partial charge in [-0.05, 0) is 55.7 Å². The molecule has 0 radical (unpaired) electrons. The van der Waals surface area contributed by atoms with E-state index in [1.807, 2.05) is 23.9 Å². The van der Waals surface area contributed by atoms with E-state index in [0.717, 1.165) is 31.4 Å². The van der Waals surface area contributed by atoms with Crippen molar-refractivity contribution in [3.63, 3.8) is 0 Å². The monoisotopic (exact) mass is 533 g/mol. The van der Waals surface area contributed by atoms with Crippen LogP contribution in [0, 0.1) is 0 Å². The van der Waals surface area contributed by atoms with E-state index in [1.165, 1.54) is 24.5 Å². The molecule has 0 aliphatic carbocycles. The topological polar surface area (TPSA) is 37.4 Å². The molecule has 0 spiro atoms. The molecule has 2 aliphatic heterocycles. The smallest absolute Gasteiger partial charge is 0.418 e. The molecule has 0 unspecified atom stereocenters. The summed E-state index contributed by atoms with van der Waals surface area (Å²) in [5.41, 5.74) is 1.09. The standard InChI is InChI=1S/C26H24NO2S2.BF4/c28-25-19-11-3-4-12-20(19)26(29)27(25)17-9-1-2-10-18-31-23-15-7-5-13-21(23)30-22-14-6-8-16-24(22)31;2-1(3,4)5/h3-8,11-16H,1-2,9-10,17-18H2;/q+1;-1. The molecule has 0 bridgehead atoms. The van der Waals surface area contributed by atoms with Crippen LogP contribution in [0.25, 0.3) is 0 Å². The molecule has 0 fully saturated rings. The molecule has 0 saturated carbocycles. The zero-order valence-electron chi connectivity index (χ0n) is 19.3. The molecule has 2 heterocycles. The largest absolute Gasteiger partial charge is 0.673 e. The maximum atomic E-state index is 12.5. The van der Waals surface area contributed by atoms with E-state index < -0.39 is 7.25 Å². The highest BCUT2D eigenvalue weighted by Crippen LogP contribution is 2.45. The van der Waals surface area contributed by atoms with E-state index in [2.05, 4.69) is 48.5 Å². The predicted octanol–water partition coefficient (Wildman–Crippen LogP) is 7.34. The maximum absolute atomic E-state index is 12.5. The van der Waals surface area contributed by atoms with Gasteiger partial charge in [0.15, 0.2) is 9.79 Å². The quantitative estimate of drug-likeness (QED) is 0.105. The van der Waals surface area contributed by atoms with Crippen molar-refractivity contribution in [2.45, 2.75) is 45.3 Å². The number of hydrogen-bond acceptors (Lipinski definition) is 3. The summed E-state index contributed by atoms with van der Waals surface area (Å²) in [5.74, 6) is 0.867. The first-order valence-electron chi connectivity index (χ1n) is 11.6. The van der Waals surface area contributed by atoms with Crippen LogP contribution < -0.4 is 0 Å². The Kier molecular flexibility index (Phi) is 8.46. The van der Waals surface area contributed by atoms with Gasteiger partial charge in [-0.1, -0.05) is 54.6 Å². The SMILES string of the molecule is F[B-](F)(F)F.O=C1c2ccccc2C(=O)N1CCCCCC[S+]1c2ccccc2Sc2ccccc21. The molecule has 2 aliphatic rings. The summed E-state index contributed by atoms with van der Waals surface area (Å²) in [6.07, 6.45) is 4.16. The van der Waals surface area contributed by atoms with E-state index >= 15 is 0 Å². The average Bonchev–Trinajstić information content (AvgIpc) is 3.09. The van der Waals surface area contributed by atoms with Gasteiger partial charge in [-0.25, -0.2) is 0 Å². The fourth-order valence-corrected chi connectivity index (χ4v) is 8.24. The van der Waals surface area contributed by atoms with Crippen LogP contribution in [0.5, 0.6) is 0 Å². The van der Waals surface area contributed by atoms with Gasteiger partial charge < -0.3 is 17.3 Å². The first-order valence-corrected chi connectivity index (χ1v) is 13.8. The molecule has 188 valence electrons. The van der Waals surface area contributed by atoms with Crippen molar-refractivity contribution in [3.05, 3.63) is 83.9 Å². The van der Waals surface area contributed by atoms with Gasteiger partial charge in [-0.15, -0.1) is 0 Å².